The maximum absolute atomic E-state index is 14.8. The molecule has 172 valence electrons. The summed E-state index contributed by atoms with van der Waals surface area (Å²) in [6.45, 7) is 1.83. The molecule has 2 aromatic carbocycles. The second-order valence-electron chi connectivity index (χ2n) is 8.25. The van der Waals surface area contributed by atoms with Crippen LogP contribution in [-0.2, 0) is 11.2 Å². The Labute approximate surface area is 201 Å². The van der Waals surface area contributed by atoms with Gasteiger partial charge >= 0.3 is 0 Å². The van der Waals surface area contributed by atoms with Crippen LogP contribution in [0.4, 0.5) is 4.39 Å². The molecular weight excluding hydrogens is 449 g/mol. The normalized spacial score (nSPS) is 16.0. The third-order valence-electron chi connectivity index (χ3n) is 5.98. The fourth-order valence-corrected chi connectivity index (χ4v) is 5.15. The molecule has 0 bridgehead atoms. The van der Waals surface area contributed by atoms with Crippen molar-refractivity contribution in [2.24, 2.45) is 0 Å². The molecule has 2 unspecified atom stereocenters. The molecular formula is C26H24FN5OS. The van der Waals surface area contributed by atoms with Crippen LogP contribution in [0.15, 0.2) is 78.2 Å². The van der Waals surface area contributed by atoms with E-state index < -0.39 is 11.1 Å². The van der Waals surface area contributed by atoms with Crippen LogP contribution in [0, 0.1) is 5.82 Å². The van der Waals surface area contributed by atoms with Gasteiger partial charge in [0.05, 0.1) is 17.0 Å². The van der Waals surface area contributed by atoms with Crippen LogP contribution in [0.2, 0.25) is 0 Å². The summed E-state index contributed by atoms with van der Waals surface area (Å²) < 4.78 is 16.4. The average Bonchev–Trinajstić information content (AvgIpc) is 3.28. The van der Waals surface area contributed by atoms with Gasteiger partial charge in [0.25, 0.3) is 0 Å². The van der Waals surface area contributed by atoms with Crippen molar-refractivity contribution in [3.63, 3.8) is 0 Å². The topological polar surface area (TPSA) is 72.7 Å². The standard InChI is InChI=1S/C26H24FN5OS/c1-17(25(33)29-22-13-6-9-18-8-2-3-11-20(18)22)34-26-31-30-24(19-10-7-15-28-16-19)32(26)23-14-5-4-12-21(23)27/h2-5,7-8,10-12,14-17,22H,6,9,13H2,1H3,(H,29,33). The molecule has 4 aromatic rings. The number of nitrogens with one attached hydrogen (secondary N) is 1. The lowest BCUT2D eigenvalue weighted by Crippen LogP contribution is -2.36. The SMILES string of the molecule is CC(Sc1nnc(-c2cccnc2)n1-c1ccccc1F)C(=O)NC1CCCc2ccccc21. The van der Waals surface area contributed by atoms with E-state index in [1.807, 2.05) is 25.1 Å². The number of thioether (sulfide) groups is 1. The second-order valence-corrected chi connectivity index (χ2v) is 9.55. The Morgan fingerprint density at radius 1 is 1.12 bits per heavy atom. The summed E-state index contributed by atoms with van der Waals surface area (Å²) in [5, 5.41) is 11.8. The minimum absolute atomic E-state index is 0.00380. The number of hydrogen-bond donors (Lipinski definition) is 1. The van der Waals surface area contributed by atoms with Crippen molar-refractivity contribution >= 4 is 17.7 Å². The first-order valence-corrected chi connectivity index (χ1v) is 12.2. The Bertz CT molecular complexity index is 1310. The fraction of sp³-hybridized carbons (Fsp3) is 0.231. The Kier molecular flexibility index (Phi) is 6.40. The Balaban J connectivity index is 1.42. The van der Waals surface area contributed by atoms with Crippen molar-refractivity contribution in [3.8, 4) is 17.1 Å². The third kappa shape index (κ3) is 4.46. The van der Waals surface area contributed by atoms with Crippen molar-refractivity contribution in [3.05, 3.63) is 90.0 Å². The summed E-state index contributed by atoms with van der Waals surface area (Å²) in [6.07, 6.45) is 6.32. The molecule has 8 heteroatoms. The highest BCUT2D eigenvalue weighted by atomic mass is 32.2. The van der Waals surface area contributed by atoms with E-state index in [1.165, 1.54) is 29.0 Å². The van der Waals surface area contributed by atoms with Crippen molar-refractivity contribution in [1.82, 2.24) is 25.1 Å². The van der Waals surface area contributed by atoms with E-state index in [1.54, 1.807) is 41.2 Å². The fourth-order valence-electron chi connectivity index (χ4n) is 4.28. The summed E-state index contributed by atoms with van der Waals surface area (Å²) >= 11 is 1.26. The summed E-state index contributed by atoms with van der Waals surface area (Å²) in [5.74, 6) is -0.0163. The Hall–Kier alpha value is -3.52. The zero-order valence-corrected chi connectivity index (χ0v) is 19.5. The number of amides is 1. The maximum atomic E-state index is 14.8. The molecule has 0 saturated heterocycles. The van der Waals surface area contributed by atoms with Crippen LogP contribution in [0.3, 0.4) is 0 Å². The molecule has 2 aromatic heterocycles. The van der Waals surface area contributed by atoms with Gasteiger partial charge in [0.1, 0.15) is 5.82 Å². The molecule has 0 spiro atoms. The summed E-state index contributed by atoms with van der Waals surface area (Å²) in [5.41, 5.74) is 3.51. The summed E-state index contributed by atoms with van der Waals surface area (Å²) in [6, 6.07) is 18.4. The number of pyridine rings is 1. The number of aryl methyl sites for hydroxylation is 1. The van der Waals surface area contributed by atoms with E-state index in [2.05, 4.69) is 32.6 Å². The molecule has 0 radical (unpaired) electrons. The van der Waals surface area contributed by atoms with Crippen LogP contribution in [0.25, 0.3) is 17.1 Å². The van der Waals surface area contributed by atoms with Crippen LogP contribution in [0.1, 0.15) is 36.9 Å². The first-order chi connectivity index (χ1) is 16.6. The van der Waals surface area contributed by atoms with E-state index in [9.17, 15) is 9.18 Å². The summed E-state index contributed by atoms with van der Waals surface area (Å²) in [7, 11) is 0. The molecule has 0 fully saturated rings. The van der Waals surface area contributed by atoms with E-state index in [0.717, 1.165) is 19.3 Å². The molecule has 6 nitrogen and oxygen atoms in total. The molecule has 1 aliphatic carbocycles. The molecule has 1 N–H and O–H groups in total. The van der Waals surface area contributed by atoms with E-state index >= 15 is 0 Å². The number of para-hydroxylation sites is 1. The highest BCUT2D eigenvalue weighted by Gasteiger charge is 2.26. The van der Waals surface area contributed by atoms with Gasteiger partial charge in [-0.2, -0.15) is 0 Å². The number of fused-ring (bicyclic) bond motifs is 1. The molecule has 1 aliphatic rings. The second kappa shape index (κ2) is 9.77. The van der Waals surface area contributed by atoms with Gasteiger partial charge in [-0.3, -0.25) is 14.3 Å². The highest BCUT2D eigenvalue weighted by Crippen LogP contribution is 2.33. The van der Waals surface area contributed by atoms with Crippen molar-refractivity contribution in [1.29, 1.82) is 0 Å². The molecule has 2 heterocycles. The number of rotatable bonds is 6. The van der Waals surface area contributed by atoms with E-state index in [4.69, 9.17) is 0 Å². The predicted octanol–water partition coefficient (Wildman–Crippen LogP) is 5.14. The zero-order valence-electron chi connectivity index (χ0n) is 18.7. The molecule has 0 saturated carbocycles. The van der Waals surface area contributed by atoms with Gasteiger partial charge in [-0.25, -0.2) is 4.39 Å². The van der Waals surface area contributed by atoms with Gasteiger partial charge in [0.15, 0.2) is 11.0 Å². The zero-order chi connectivity index (χ0) is 23.5. The van der Waals surface area contributed by atoms with E-state index in [0.29, 0.717) is 22.2 Å². The smallest absolute Gasteiger partial charge is 0.233 e. The van der Waals surface area contributed by atoms with Gasteiger partial charge in [0, 0.05) is 18.0 Å². The minimum atomic E-state index is -0.453. The largest absolute Gasteiger partial charge is 0.348 e. The predicted molar refractivity (Wildman–Crippen MR) is 130 cm³/mol. The van der Waals surface area contributed by atoms with Gasteiger partial charge < -0.3 is 5.32 Å². The lowest BCUT2D eigenvalue weighted by atomic mass is 9.88. The van der Waals surface area contributed by atoms with E-state index in [-0.39, 0.29) is 11.9 Å². The van der Waals surface area contributed by atoms with Crippen LogP contribution in [0.5, 0.6) is 0 Å². The van der Waals surface area contributed by atoms with Crippen molar-refractivity contribution in [2.75, 3.05) is 0 Å². The third-order valence-corrected chi connectivity index (χ3v) is 7.03. The van der Waals surface area contributed by atoms with Crippen LogP contribution >= 0.6 is 11.8 Å². The number of nitrogens with zero attached hydrogens (tertiary/aromatic N) is 4. The van der Waals surface area contributed by atoms with Crippen molar-refractivity contribution < 1.29 is 9.18 Å². The number of benzene rings is 2. The van der Waals surface area contributed by atoms with Crippen LogP contribution < -0.4 is 5.32 Å². The molecule has 0 aliphatic heterocycles. The first-order valence-electron chi connectivity index (χ1n) is 11.3. The maximum Gasteiger partial charge on any atom is 0.233 e. The molecule has 34 heavy (non-hydrogen) atoms. The first kappa shape index (κ1) is 22.3. The Morgan fingerprint density at radius 3 is 2.76 bits per heavy atom. The minimum Gasteiger partial charge on any atom is -0.348 e. The van der Waals surface area contributed by atoms with Gasteiger partial charge in [0.2, 0.25) is 5.91 Å². The average molecular weight is 474 g/mol. The van der Waals surface area contributed by atoms with Gasteiger partial charge in [-0.1, -0.05) is 48.2 Å². The highest BCUT2D eigenvalue weighted by molar-refractivity contribution is 8.00. The summed E-state index contributed by atoms with van der Waals surface area (Å²) in [4.78, 5) is 17.3. The Morgan fingerprint density at radius 2 is 1.94 bits per heavy atom. The van der Waals surface area contributed by atoms with Gasteiger partial charge in [-0.15, -0.1) is 10.2 Å². The van der Waals surface area contributed by atoms with Crippen LogP contribution in [-0.4, -0.2) is 30.9 Å². The number of aromatic nitrogens is 4. The monoisotopic (exact) mass is 473 g/mol. The molecule has 1 amide bonds. The number of hydrogen-bond acceptors (Lipinski definition) is 5. The van der Waals surface area contributed by atoms with Crippen molar-refractivity contribution in [2.45, 2.75) is 42.6 Å². The quantitative estimate of drug-likeness (QED) is 0.393. The van der Waals surface area contributed by atoms with Gasteiger partial charge in [-0.05, 0) is 61.6 Å². The lowest BCUT2D eigenvalue weighted by molar-refractivity contribution is -0.121. The number of carbonyl (C=O) groups is 1. The molecule has 5 rings (SSSR count). The number of carbonyl (C=O) groups excluding carboxylic acids is 1. The lowest BCUT2D eigenvalue weighted by Gasteiger charge is -2.27. The molecule has 2 atom stereocenters. The number of halogens is 1.